The van der Waals surface area contributed by atoms with Gasteiger partial charge in [0.05, 0.1) is 6.04 Å². The summed E-state index contributed by atoms with van der Waals surface area (Å²) in [6.45, 7) is 0. The Balaban J connectivity index is 2.09. The molecule has 1 unspecified atom stereocenters. The van der Waals surface area contributed by atoms with Crippen molar-refractivity contribution < 1.29 is 4.39 Å². The van der Waals surface area contributed by atoms with Crippen molar-refractivity contribution in [1.29, 1.82) is 0 Å². The molecule has 4 nitrogen and oxygen atoms in total. The monoisotopic (exact) mass is 278 g/mol. The number of hydrogen-bond donors (Lipinski definition) is 3. The lowest BCUT2D eigenvalue weighted by Gasteiger charge is -2.17. The number of nitrogen functional groups attached to an aromatic ring is 1. The van der Waals surface area contributed by atoms with E-state index < -0.39 is 0 Å². The van der Waals surface area contributed by atoms with Crippen molar-refractivity contribution in [3.63, 3.8) is 0 Å². The second kappa shape index (κ2) is 6.51. The summed E-state index contributed by atoms with van der Waals surface area (Å²) in [6.07, 6.45) is 3.29. The molecule has 1 atom stereocenters. The Labute approximate surface area is 115 Å². The van der Waals surface area contributed by atoms with Gasteiger partial charge < -0.3 is 5.73 Å². The van der Waals surface area contributed by atoms with Crippen LogP contribution in [-0.4, -0.2) is 10.7 Å². The summed E-state index contributed by atoms with van der Waals surface area (Å²) in [5.41, 5.74) is 9.99. The zero-order valence-electron chi connectivity index (χ0n) is 10.2. The molecule has 1 aromatic carbocycles. The fourth-order valence-corrected chi connectivity index (χ4v) is 2.67. The number of hydrazine groups is 1. The molecule has 0 saturated carbocycles. The molecule has 0 amide bonds. The van der Waals surface area contributed by atoms with E-state index in [4.69, 9.17) is 11.6 Å². The van der Waals surface area contributed by atoms with Gasteiger partial charge in [-0.1, -0.05) is 12.1 Å². The molecule has 0 spiro atoms. The lowest BCUT2D eigenvalue weighted by atomic mass is 10.1. The minimum atomic E-state index is -0.234. The molecule has 0 saturated heterocycles. The second-order valence-electron chi connectivity index (χ2n) is 3.97. The maximum atomic E-state index is 13.5. The molecule has 100 valence electrons. The van der Waals surface area contributed by atoms with Crippen LogP contribution in [0.15, 0.2) is 47.6 Å². The van der Waals surface area contributed by atoms with Crippen LogP contribution in [0.1, 0.15) is 11.6 Å². The van der Waals surface area contributed by atoms with Crippen LogP contribution in [-0.2, 0) is 0 Å². The zero-order chi connectivity index (χ0) is 13.7. The molecule has 6 heteroatoms. The van der Waals surface area contributed by atoms with Crippen LogP contribution in [0.4, 0.5) is 10.1 Å². The number of hydrogen-bond acceptors (Lipinski definition) is 5. The van der Waals surface area contributed by atoms with Crippen molar-refractivity contribution >= 4 is 17.4 Å². The number of rotatable bonds is 5. The van der Waals surface area contributed by atoms with Crippen LogP contribution in [0.25, 0.3) is 0 Å². The van der Waals surface area contributed by atoms with Gasteiger partial charge >= 0.3 is 0 Å². The molecule has 2 aromatic rings. The fourth-order valence-electron chi connectivity index (χ4n) is 1.67. The van der Waals surface area contributed by atoms with Crippen molar-refractivity contribution in [3.8, 4) is 0 Å². The Morgan fingerprint density at radius 3 is 2.79 bits per heavy atom. The highest BCUT2D eigenvalue weighted by Crippen LogP contribution is 2.28. The molecule has 2 rings (SSSR count). The summed E-state index contributed by atoms with van der Waals surface area (Å²) in [6, 6.07) is 8.17. The first-order chi connectivity index (χ1) is 9.22. The lowest BCUT2D eigenvalue weighted by Crippen LogP contribution is -2.30. The minimum absolute atomic E-state index is 0.182. The van der Waals surface area contributed by atoms with E-state index in [0.29, 0.717) is 16.3 Å². The van der Waals surface area contributed by atoms with Crippen molar-refractivity contribution in [2.75, 3.05) is 11.5 Å². The molecule has 1 aromatic heterocycles. The maximum Gasteiger partial charge on any atom is 0.136 e. The van der Waals surface area contributed by atoms with Gasteiger partial charge in [-0.05, 0) is 18.2 Å². The molecule has 0 fully saturated rings. The maximum absolute atomic E-state index is 13.5. The van der Waals surface area contributed by atoms with Crippen LogP contribution in [0, 0.1) is 5.82 Å². The predicted molar refractivity (Wildman–Crippen MR) is 75.8 cm³/mol. The molecular weight excluding hydrogens is 263 g/mol. The first-order valence-corrected chi connectivity index (χ1v) is 6.73. The Hall–Kier alpha value is -1.63. The van der Waals surface area contributed by atoms with Crippen molar-refractivity contribution in [2.24, 2.45) is 5.84 Å². The van der Waals surface area contributed by atoms with Gasteiger partial charge in [-0.25, -0.2) is 4.39 Å². The first kappa shape index (κ1) is 13.8. The van der Waals surface area contributed by atoms with Gasteiger partial charge in [0.25, 0.3) is 0 Å². The summed E-state index contributed by atoms with van der Waals surface area (Å²) in [7, 11) is 0. The molecule has 0 bridgehead atoms. The van der Waals surface area contributed by atoms with Crippen LogP contribution in [0.3, 0.4) is 0 Å². The molecule has 19 heavy (non-hydrogen) atoms. The Kier molecular flexibility index (Phi) is 4.73. The fraction of sp³-hybridized carbons (Fsp3) is 0.154. The van der Waals surface area contributed by atoms with E-state index in [-0.39, 0.29) is 11.9 Å². The van der Waals surface area contributed by atoms with Gasteiger partial charge in [-0.3, -0.25) is 16.3 Å². The largest absolute Gasteiger partial charge is 0.398 e. The lowest BCUT2D eigenvalue weighted by molar-refractivity contribution is 0.596. The Bertz CT molecular complexity index is 550. The van der Waals surface area contributed by atoms with Crippen LogP contribution in [0.2, 0.25) is 0 Å². The van der Waals surface area contributed by atoms with E-state index in [1.165, 1.54) is 17.8 Å². The number of nitrogens with zero attached hydrogens (tertiary/aromatic N) is 1. The SMILES string of the molecule is NNC(CSc1ccccc1F)c1cnccc1N. The highest BCUT2D eigenvalue weighted by atomic mass is 32.2. The van der Waals surface area contributed by atoms with Gasteiger partial charge in [-0.15, -0.1) is 11.8 Å². The Morgan fingerprint density at radius 2 is 2.11 bits per heavy atom. The van der Waals surface area contributed by atoms with Crippen LogP contribution < -0.4 is 17.0 Å². The van der Waals surface area contributed by atoms with Gasteiger partial charge in [0.2, 0.25) is 0 Å². The summed E-state index contributed by atoms with van der Waals surface area (Å²) in [5.74, 6) is 5.86. The third-order valence-electron chi connectivity index (χ3n) is 2.71. The molecular formula is C13H15FN4S. The number of aromatic nitrogens is 1. The van der Waals surface area contributed by atoms with Gasteiger partial charge in [0.15, 0.2) is 0 Å². The first-order valence-electron chi connectivity index (χ1n) is 5.75. The third-order valence-corrected chi connectivity index (χ3v) is 3.85. The van der Waals surface area contributed by atoms with Crippen molar-refractivity contribution in [3.05, 3.63) is 54.1 Å². The number of halogens is 1. The molecule has 1 heterocycles. The molecule has 0 aliphatic heterocycles. The standard InChI is InChI=1S/C13H15FN4S/c14-10-3-1-2-4-13(10)19-8-12(18-16)9-7-17-6-5-11(9)15/h1-7,12,18H,8,16H2,(H2,15,17). The highest BCUT2D eigenvalue weighted by molar-refractivity contribution is 7.99. The van der Waals surface area contributed by atoms with Crippen LogP contribution in [0.5, 0.6) is 0 Å². The number of pyridine rings is 1. The van der Waals surface area contributed by atoms with E-state index in [0.717, 1.165) is 5.56 Å². The number of thioether (sulfide) groups is 1. The van der Waals surface area contributed by atoms with E-state index in [1.807, 2.05) is 0 Å². The van der Waals surface area contributed by atoms with Crippen molar-refractivity contribution in [1.82, 2.24) is 10.4 Å². The summed E-state index contributed by atoms with van der Waals surface area (Å²) in [5, 5.41) is 0. The summed E-state index contributed by atoms with van der Waals surface area (Å²) >= 11 is 1.38. The Morgan fingerprint density at radius 1 is 1.32 bits per heavy atom. The normalized spacial score (nSPS) is 12.3. The topological polar surface area (TPSA) is 77.0 Å². The van der Waals surface area contributed by atoms with Crippen LogP contribution >= 0.6 is 11.8 Å². The summed E-state index contributed by atoms with van der Waals surface area (Å²) < 4.78 is 13.5. The zero-order valence-corrected chi connectivity index (χ0v) is 11.0. The quantitative estimate of drug-likeness (QED) is 0.443. The highest BCUT2D eigenvalue weighted by Gasteiger charge is 2.14. The molecule has 0 aliphatic carbocycles. The number of anilines is 1. The molecule has 5 N–H and O–H groups in total. The van der Waals surface area contributed by atoms with Gasteiger partial charge in [0.1, 0.15) is 5.82 Å². The number of nitrogens with one attached hydrogen (secondary N) is 1. The van der Waals surface area contributed by atoms with Gasteiger partial charge in [-0.2, -0.15) is 0 Å². The van der Waals surface area contributed by atoms with Crippen molar-refractivity contribution in [2.45, 2.75) is 10.9 Å². The van der Waals surface area contributed by atoms with E-state index in [2.05, 4.69) is 10.4 Å². The average Bonchev–Trinajstić information content (AvgIpc) is 2.43. The smallest absolute Gasteiger partial charge is 0.136 e. The average molecular weight is 278 g/mol. The number of nitrogens with two attached hydrogens (primary N) is 2. The molecule has 0 radical (unpaired) electrons. The van der Waals surface area contributed by atoms with E-state index in [1.54, 1.807) is 36.7 Å². The van der Waals surface area contributed by atoms with E-state index in [9.17, 15) is 4.39 Å². The predicted octanol–water partition coefficient (Wildman–Crippen LogP) is 2.10. The minimum Gasteiger partial charge on any atom is -0.398 e. The van der Waals surface area contributed by atoms with E-state index >= 15 is 0 Å². The molecule has 0 aliphatic rings. The number of benzene rings is 1. The second-order valence-corrected chi connectivity index (χ2v) is 5.03. The van der Waals surface area contributed by atoms with Gasteiger partial charge in [0, 0.05) is 34.3 Å². The summed E-state index contributed by atoms with van der Waals surface area (Å²) in [4.78, 5) is 4.62. The third kappa shape index (κ3) is 3.44.